The molecule has 0 aromatic carbocycles. The van der Waals surface area contributed by atoms with Crippen LogP contribution >= 0.6 is 0 Å². The first-order valence-electron chi connectivity index (χ1n) is 4.04. The molecule has 70 valence electrons. The minimum Gasteiger partial charge on any atom is -0.480 e. The number of aliphatic carboxylic acids is 1. The number of anilines is 1. The standard InChI is InChI=1S/C7H10N4O2/c1-10-3-2-5-7(10)8-9-11(5)4-6(12)13/h2-4H2,1H3,(H,12,13). The number of nitrogens with zero attached hydrogens (tertiary/aromatic N) is 4. The van der Waals surface area contributed by atoms with Crippen LogP contribution < -0.4 is 4.90 Å². The third-order valence-corrected chi connectivity index (χ3v) is 2.15. The van der Waals surface area contributed by atoms with Crippen LogP contribution in [0, 0.1) is 0 Å². The highest BCUT2D eigenvalue weighted by Gasteiger charge is 2.23. The normalized spacial score (nSPS) is 14.7. The second-order valence-electron chi connectivity index (χ2n) is 3.08. The zero-order chi connectivity index (χ0) is 9.42. The van der Waals surface area contributed by atoms with E-state index >= 15 is 0 Å². The van der Waals surface area contributed by atoms with Gasteiger partial charge < -0.3 is 10.0 Å². The summed E-state index contributed by atoms with van der Waals surface area (Å²) in [4.78, 5) is 12.4. The topological polar surface area (TPSA) is 71.2 Å². The first-order valence-corrected chi connectivity index (χ1v) is 4.04. The molecule has 1 aliphatic rings. The van der Waals surface area contributed by atoms with Crippen molar-refractivity contribution in [3.8, 4) is 0 Å². The Labute approximate surface area is 74.8 Å². The van der Waals surface area contributed by atoms with Crippen LogP contribution in [0.3, 0.4) is 0 Å². The van der Waals surface area contributed by atoms with Gasteiger partial charge in [0.2, 0.25) is 0 Å². The lowest BCUT2D eigenvalue weighted by atomic mass is 10.4. The zero-order valence-corrected chi connectivity index (χ0v) is 7.27. The van der Waals surface area contributed by atoms with Crippen LogP contribution in [0.5, 0.6) is 0 Å². The van der Waals surface area contributed by atoms with Crippen molar-refractivity contribution in [1.82, 2.24) is 15.0 Å². The molecular formula is C7H10N4O2. The second-order valence-corrected chi connectivity index (χ2v) is 3.08. The van der Waals surface area contributed by atoms with Crippen LogP contribution in [0.15, 0.2) is 0 Å². The second kappa shape index (κ2) is 2.72. The summed E-state index contributed by atoms with van der Waals surface area (Å²) in [5, 5.41) is 16.3. The number of fused-ring (bicyclic) bond motifs is 1. The number of rotatable bonds is 2. The van der Waals surface area contributed by atoms with Crippen molar-refractivity contribution < 1.29 is 9.90 Å². The Bertz CT molecular complexity index is 346. The molecule has 1 N–H and O–H groups in total. The van der Waals surface area contributed by atoms with E-state index in [4.69, 9.17) is 5.11 Å². The molecule has 2 rings (SSSR count). The SMILES string of the molecule is CN1CCc2c1nnn2CC(=O)O. The van der Waals surface area contributed by atoms with E-state index in [1.807, 2.05) is 11.9 Å². The first kappa shape index (κ1) is 8.03. The van der Waals surface area contributed by atoms with Crippen LogP contribution in [0.1, 0.15) is 5.69 Å². The predicted molar refractivity (Wildman–Crippen MR) is 44.6 cm³/mol. The van der Waals surface area contributed by atoms with Crippen molar-refractivity contribution >= 4 is 11.8 Å². The molecule has 6 nitrogen and oxygen atoms in total. The van der Waals surface area contributed by atoms with E-state index in [0.29, 0.717) is 0 Å². The molecule has 1 aromatic heterocycles. The maximum atomic E-state index is 10.4. The van der Waals surface area contributed by atoms with Gasteiger partial charge in [-0.3, -0.25) is 4.79 Å². The van der Waals surface area contributed by atoms with Crippen molar-refractivity contribution in [3.63, 3.8) is 0 Å². The lowest BCUT2D eigenvalue weighted by Gasteiger charge is -2.05. The van der Waals surface area contributed by atoms with Crippen molar-refractivity contribution in [1.29, 1.82) is 0 Å². The van der Waals surface area contributed by atoms with Gasteiger partial charge in [0.25, 0.3) is 0 Å². The van der Waals surface area contributed by atoms with Crippen molar-refractivity contribution in [2.45, 2.75) is 13.0 Å². The van der Waals surface area contributed by atoms with Gasteiger partial charge in [0.1, 0.15) is 6.54 Å². The molecule has 13 heavy (non-hydrogen) atoms. The minimum atomic E-state index is -0.887. The van der Waals surface area contributed by atoms with E-state index in [-0.39, 0.29) is 6.54 Å². The largest absolute Gasteiger partial charge is 0.480 e. The fraction of sp³-hybridized carbons (Fsp3) is 0.571. The molecule has 1 aromatic rings. The number of carbonyl (C=O) groups is 1. The van der Waals surface area contributed by atoms with Crippen LogP contribution in [0.4, 0.5) is 5.82 Å². The average Bonchev–Trinajstić information content (AvgIpc) is 2.56. The van der Waals surface area contributed by atoms with Crippen molar-refractivity contribution in [3.05, 3.63) is 5.69 Å². The molecule has 0 bridgehead atoms. The zero-order valence-electron chi connectivity index (χ0n) is 7.27. The fourth-order valence-electron chi connectivity index (χ4n) is 1.50. The minimum absolute atomic E-state index is 0.101. The average molecular weight is 182 g/mol. The van der Waals surface area contributed by atoms with Crippen LogP contribution in [0.2, 0.25) is 0 Å². The molecule has 0 aliphatic carbocycles. The van der Waals surface area contributed by atoms with Gasteiger partial charge in [-0.15, -0.1) is 5.10 Å². The predicted octanol–water partition coefficient (Wildman–Crippen LogP) is -0.645. The Morgan fingerprint density at radius 2 is 2.46 bits per heavy atom. The van der Waals surface area contributed by atoms with E-state index in [0.717, 1.165) is 24.5 Å². The van der Waals surface area contributed by atoms with Crippen LogP contribution in [0.25, 0.3) is 0 Å². The summed E-state index contributed by atoms with van der Waals surface area (Å²) in [6, 6.07) is 0. The number of hydrogen-bond donors (Lipinski definition) is 1. The van der Waals surface area contributed by atoms with Gasteiger partial charge in [-0.2, -0.15) is 0 Å². The maximum Gasteiger partial charge on any atom is 0.325 e. The van der Waals surface area contributed by atoms with Crippen LogP contribution in [-0.2, 0) is 17.8 Å². The molecule has 0 saturated carbocycles. The third kappa shape index (κ3) is 1.24. The van der Waals surface area contributed by atoms with Gasteiger partial charge >= 0.3 is 5.97 Å². The van der Waals surface area contributed by atoms with Gasteiger partial charge in [0.05, 0.1) is 5.69 Å². The number of likely N-dealkylation sites (N-methyl/N-ethyl adjacent to an activating group) is 1. The molecule has 0 saturated heterocycles. The maximum absolute atomic E-state index is 10.4. The van der Waals surface area contributed by atoms with Crippen LogP contribution in [-0.4, -0.2) is 39.7 Å². The molecule has 0 fully saturated rings. The molecule has 0 unspecified atom stereocenters. The molecule has 0 atom stereocenters. The van der Waals surface area contributed by atoms with E-state index in [1.165, 1.54) is 4.68 Å². The van der Waals surface area contributed by atoms with E-state index in [9.17, 15) is 4.79 Å². The quantitative estimate of drug-likeness (QED) is 0.658. The van der Waals surface area contributed by atoms with Crippen molar-refractivity contribution in [2.75, 3.05) is 18.5 Å². The van der Waals surface area contributed by atoms with Crippen molar-refractivity contribution in [2.24, 2.45) is 0 Å². The van der Waals surface area contributed by atoms with E-state index < -0.39 is 5.97 Å². The summed E-state index contributed by atoms with van der Waals surface area (Å²) >= 11 is 0. The van der Waals surface area contributed by atoms with Gasteiger partial charge in [0.15, 0.2) is 5.82 Å². The Morgan fingerprint density at radius 1 is 1.69 bits per heavy atom. The summed E-state index contributed by atoms with van der Waals surface area (Å²) < 4.78 is 1.45. The highest BCUT2D eigenvalue weighted by Crippen LogP contribution is 2.22. The Morgan fingerprint density at radius 3 is 3.15 bits per heavy atom. The monoisotopic (exact) mass is 182 g/mol. The van der Waals surface area contributed by atoms with Gasteiger partial charge in [-0.1, -0.05) is 5.21 Å². The fourth-order valence-corrected chi connectivity index (χ4v) is 1.50. The molecule has 2 heterocycles. The summed E-state index contributed by atoms with van der Waals surface area (Å²) in [6.07, 6.45) is 0.826. The Hall–Kier alpha value is -1.59. The first-order chi connectivity index (χ1) is 6.18. The molecule has 6 heteroatoms. The van der Waals surface area contributed by atoms with Gasteiger partial charge in [-0.25, -0.2) is 4.68 Å². The highest BCUT2D eigenvalue weighted by atomic mass is 16.4. The molecule has 0 amide bonds. The number of carboxylic acids is 1. The number of aromatic nitrogens is 3. The highest BCUT2D eigenvalue weighted by molar-refractivity contribution is 5.67. The summed E-state index contributed by atoms with van der Waals surface area (Å²) in [6.45, 7) is 0.788. The molecule has 0 radical (unpaired) electrons. The third-order valence-electron chi connectivity index (χ3n) is 2.15. The number of carboxylic acid groups (broad SMARTS) is 1. The van der Waals surface area contributed by atoms with E-state index in [1.54, 1.807) is 0 Å². The lowest BCUT2D eigenvalue weighted by molar-refractivity contribution is -0.137. The molecule has 0 spiro atoms. The number of hydrogen-bond acceptors (Lipinski definition) is 4. The summed E-state index contributed by atoms with van der Waals surface area (Å²) in [5.74, 6) is -0.0801. The molecule has 1 aliphatic heterocycles. The van der Waals surface area contributed by atoms with Gasteiger partial charge in [-0.05, 0) is 0 Å². The lowest BCUT2D eigenvalue weighted by Crippen LogP contribution is -2.15. The molecular weight excluding hydrogens is 172 g/mol. The summed E-state index contributed by atoms with van der Waals surface area (Å²) in [7, 11) is 1.92. The smallest absolute Gasteiger partial charge is 0.325 e. The summed E-state index contributed by atoms with van der Waals surface area (Å²) in [5.41, 5.74) is 0.921. The Kier molecular flexibility index (Phi) is 1.68. The Balaban J connectivity index is 2.30. The van der Waals surface area contributed by atoms with Gasteiger partial charge in [0, 0.05) is 20.0 Å². The van der Waals surface area contributed by atoms with E-state index in [2.05, 4.69) is 10.3 Å².